The zero-order chi connectivity index (χ0) is 16.8. The second-order valence-corrected chi connectivity index (χ2v) is 7.23. The van der Waals surface area contributed by atoms with Crippen LogP contribution < -0.4 is 0 Å². The van der Waals surface area contributed by atoms with Crippen LogP contribution in [0, 0.1) is 0 Å². The van der Waals surface area contributed by atoms with Gasteiger partial charge in [0.1, 0.15) is 0 Å². The van der Waals surface area contributed by atoms with Crippen molar-refractivity contribution in [3.8, 4) is 0 Å². The zero-order valence-electron chi connectivity index (χ0n) is 14.9. The fourth-order valence-corrected chi connectivity index (χ4v) is 3.55. The van der Waals surface area contributed by atoms with E-state index >= 15 is 0 Å². The lowest BCUT2D eigenvalue weighted by Crippen LogP contribution is -2.22. The summed E-state index contributed by atoms with van der Waals surface area (Å²) >= 11 is 0. The lowest BCUT2D eigenvalue weighted by Gasteiger charge is -2.21. The number of benzene rings is 2. The number of aryl methyl sites for hydroxylation is 2. The van der Waals surface area contributed by atoms with Gasteiger partial charge in [-0.3, -0.25) is 0 Å². The summed E-state index contributed by atoms with van der Waals surface area (Å²) in [5.74, 6) is 0. The van der Waals surface area contributed by atoms with Crippen molar-refractivity contribution in [2.75, 3.05) is 0 Å². The fraction of sp³-hybridized carbons (Fsp3) is 0.391. The van der Waals surface area contributed by atoms with E-state index in [1.807, 2.05) is 0 Å². The lowest BCUT2D eigenvalue weighted by molar-refractivity contribution is -0.00661. The van der Waals surface area contributed by atoms with Crippen LogP contribution in [0.4, 0.5) is 0 Å². The van der Waals surface area contributed by atoms with E-state index in [2.05, 4.69) is 80.6 Å². The van der Waals surface area contributed by atoms with Crippen molar-refractivity contribution in [2.45, 2.75) is 57.7 Å². The molecule has 1 heteroatoms. The van der Waals surface area contributed by atoms with E-state index in [-0.39, 0.29) is 5.60 Å². The van der Waals surface area contributed by atoms with Crippen molar-refractivity contribution in [1.82, 2.24) is 0 Å². The SMILES string of the molecule is CC1(C)OC(CCc2ccccc2)C/C1=C\CCc1ccccc1. The summed E-state index contributed by atoms with van der Waals surface area (Å²) in [5.41, 5.74) is 4.17. The van der Waals surface area contributed by atoms with Gasteiger partial charge in [-0.15, -0.1) is 0 Å². The molecule has 0 amide bonds. The fourth-order valence-electron chi connectivity index (χ4n) is 3.55. The maximum atomic E-state index is 6.32. The average molecular weight is 320 g/mol. The normalized spacial score (nSPS) is 21.2. The minimum absolute atomic E-state index is 0.113. The van der Waals surface area contributed by atoms with Gasteiger partial charge >= 0.3 is 0 Å². The third kappa shape index (κ3) is 4.58. The Morgan fingerprint density at radius 2 is 1.50 bits per heavy atom. The largest absolute Gasteiger partial charge is 0.368 e. The molecule has 2 aromatic rings. The molecule has 126 valence electrons. The third-order valence-electron chi connectivity index (χ3n) is 4.95. The highest BCUT2D eigenvalue weighted by atomic mass is 16.5. The maximum Gasteiger partial charge on any atom is 0.0840 e. The van der Waals surface area contributed by atoms with Gasteiger partial charge in [-0.05, 0) is 62.7 Å². The molecule has 1 saturated heterocycles. The first-order valence-electron chi connectivity index (χ1n) is 9.09. The van der Waals surface area contributed by atoms with Crippen molar-refractivity contribution in [1.29, 1.82) is 0 Å². The smallest absolute Gasteiger partial charge is 0.0840 e. The molecule has 0 saturated carbocycles. The van der Waals surface area contributed by atoms with E-state index in [0.717, 1.165) is 32.1 Å². The summed E-state index contributed by atoms with van der Waals surface area (Å²) < 4.78 is 6.32. The highest BCUT2D eigenvalue weighted by Crippen LogP contribution is 2.37. The van der Waals surface area contributed by atoms with Gasteiger partial charge in [-0.25, -0.2) is 0 Å². The first kappa shape index (κ1) is 17.0. The Hall–Kier alpha value is -1.86. The van der Waals surface area contributed by atoms with Crippen LogP contribution in [0.15, 0.2) is 72.3 Å². The van der Waals surface area contributed by atoms with Crippen LogP contribution >= 0.6 is 0 Å². The Balaban J connectivity index is 1.53. The van der Waals surface area contributed by atoms with Crippen LogP contribution in [0.25, 0.3) is 0 Å². The maximum absolute atomic E-state index is 6.32. The number of hydrogen-bond donors (Lipinski definition) is 0. The van der Waals surface area contributed by atoms with Gasteiger partial charge in [0.25, 0.3) is 0 Å². The van der Waals surface area contributed by atoms with Crippen molar-refractivity contribution in [3.63, 3.8) is 0 Å². The van der Waals surface area contributed by atoms with Crippen LogP contribution in [0.5, 0.6) is 0 Å². The van der Waals surface area contributed by atoms with E-state index in [9.17, 15) is 0 Å². The quantitative estimate of drug-likeness (QED) is 0.616. The lowest BCUT2D eigenvalue weighted by atomic mass is 9.94. The van der Waals surface area contributed by atoms with Crippen LogP contribution in [0.1, 0.15) is 44.2 Å². The second-order valence-electron chi connectivity index (χ2n) is 7.23. The number of ether oxygens (including phenoxy) is 1. The van der Waals surface area contributed by atoms with Crippen LogP contribution in [0.3, 0.4) is 0 Å². The molecule has 0 aliphatic carbocycles. The van der Waals surface area contributed by atoms with Crippen molar-refractivity contribution >= 4 is 0 Å². The molecule has 2 aromatic carbocycles. The van der Waals surface area contributed by atoms with E-state index in [1.54, 1.807) is 0 Å². The molecule has 1 aliphatic heterocycles. The minimum Gasteiger partial charge on any atom is -0.368 e. The Bertz CT molecular complexity index is 655. The van der Waals surface area contributed by atoms with Gasteiger partial charge < -0.3 is 4.74 Å². The minimum atomic E-state index is -0.113. The number of hydrogen-bond acceptors (Lipinski definition) is 1. The molecule has 1 atom stereocenters. The molecule has 0 bridgehead atoms. The van der Waals surface area contributed by atoms with Crippen LogP contribution in [0.2, 0.25) is 0 Å². The topological polar surface area (TPSA) is 9.23 Å². The molecular formula is C23H28O. The highest BCUT2D eigenvalue weighted by molar-refractivity contribution is 5.22. The zero-order valence-corrected chi connectivity index (χ0v) is 14.9. The first-order chi connectivity index (χ1) is 11.6. The summed E-state index contributed by atoms with van der Waals surface area (Å²) in [5, 5.41) is 0. The Morgan fingerprint density at radius 3 is 2.12 bits per heavy atom. The van der Waals surface area contributed by atoms with Crippen molar-refractivity contribution in [3.05, 3.63) is 83.4 Å². The van der Waals surface area contributed by atoms with E-state index < -0.39 is 0 Å². The van der Waals surface area contributed by atoms with Gasteiger partial charge in [0.05, 0.1) is 11.7 Å². The Kier molecular flexibility index (Phi) is 5.52. The Morgan fingerprint density at radius 1 is 0.917 bits per heavy atom. The average Bonchev–Trinajstić information content (AvgIpc) is 2.89. The number of rotatable bonds is 6. The molecule has 0 aromatic heterocycles. The van der Waals surface area contributed by atoms with E-state index in [1.165, 1.54) is 16.7 Å². The first-order valence-corrected chi connectivity index (χ1v) is 9.09. The van der Waals surface area contributed by atoms with Gasteiger partial charge in [-0.1, -0.05) is 66.7 Å². The third-order valence-corrected chi connectivity index (χ3v) is 4.95. The van der Waals surface area contributed by atoms with E-state index in [4.69, 9.17) is 4.74 Å². The van der Waals surface area contributed by atoms with Gasteiger partial charge in [-0.2, -0.15) is 0 Å². The monoisotopic (exact) mass is 320 g/mol. The molecule has 0 spiro atoms. The van der Waals surface area contributed by atoms with Crippen LogP contribution in [-0.2, 0) is 17.6 Å². The molecule has 0 radical (unpaired) electrons. The molecule has 3 rings (SSSR count). The summed E-state index contributed by atoms with van der Waals surface area (Å²) in [6, 6.07) is 21.4. The van der Waals surface area contributed by atoms with Crippen molar-refractivity contribution < 1.29 is 4.74 Å². The summed E-state index contributed by atoms with van der Waals surface area (Å²) in [6.07, 6.45) is 8.24. The van der Waals surface area contributed by atoms with Gasteiger partial charge in [0.15, 0.2) is 0 Å². The summed E-state index contributed by atoms with van der Waals surface area (Å²) in [6.45, 7) is 4.42. The summed E-state index contributed by atoms with van der Waals surface area (Å²) in [4.78, 5) is 0. The van der Waals surface area contributed by atoms with E-state index in [0.29, 0.717) is 6.10 Å². The predicted molar refractivity (Wildman–Crippen MR) is 101 cm³/mol. The predicted octanol–water partition coefficient (Wildman–Crippen LogP) is 5.75. The molecule has 1 unspecified atom stereocenters. The molecule has 1 nitrogen and oxygen atoms in total. The van der Waals surface area contributed by atoms with Crippen LogP contribution in [-0.4, -0.2) is 11.7 Å². The van der Waals surface area contributed by atoms with Gasteiger partial charge in [0.2, 0.25) is 0 Å². The molecule has 1 fully saturated rings. The molecule has 24 heavy (non-hydrogen) atoms. The number of allylic oxidation sites excluding steroid dienone is 1. The van der Waals surface area contributed by atoms with Crippen molar-refractivity contribution in [2.24, 2.45) is 0 Å². The Labute approximate surface area is 146 Å². The summed E-state index contributed by atoms with van der Waals surface area (Å²) in [7, 11) is 0. The van der Waals surface area contributed by atoms with Gasteiger partial charge in [0, 0.05) is 0 Å². The molecule has 1 heterocycles. The molecule has 1 aliphatic rings. The second kappa shape index (κ2) is 7.81. The highest BCUT2D eigenvalue weighted by Gasteiger charge is 2.35. The molecule has 0 N–H and O–H groups in total. The standard InChI is InChI=1S/C23H28O/c1-23(2)21(15-9-14-19-10-5-3-6-11-19)18-22(24-23)17-16-20-12-7-4-8-13-20/h3-8,10-13,15,22H,9,14,16-18H2,1-2H3/b21-15+. The molecular weight excluding hydrogens is 292 g/mol.